The van der Waals surface area contributed by atoms with Gasteiger partial charge in [-0.05, 0) is 18.4 Å². The highest BCUT2D eigenvalue weighted by molar-refractivity contribution is 7.73. The summed E-state index contributed by atoms with van der Waals surface area (Å²) < 4.78 is 0. The van der Waals surface area contributed by atoms with Crippen molar-refractivity contribution in [2.24, 2.45) is 0 Å². The standard InChI is InChI=1S/C25H46P.ClH/c1-4-5-6-7-8-9-10-11-12-13-14-15-16-20-23-26(2,3)24-25-21-18-17-19-22-25;/h17-19,21-22H,4-16,20,23-24H2,1-3H3;1H/q+1;/p-1. The lowest BCUT2D eigenvalue weighted by Crippen LogP contribution is -3.00. The fraction of sp³-hybridized carbons (Fsp3) is 0.760. The van der Waals surface area contributed by atoms with Gasteiger partial charge in [-0.25, -0.2) is 0 Å². The Morgan fingerprint density at radius 1 is 0.593 bits per heavy atom. The molecule has 27 heavy (non-hydrogen) atoms. The number of rotatable bonds is 17. The molecule has 0 aliphatic heterocycles. The van der Waals surface area contributed by atoms with Crippen molar-refractivity contribution >= 4 is 7.26 Å². The molecule has 0 N–H and O–H groups in total. The van der Waals surface area contributed by atoms with Crippen molar-refractivity contribution in [3.8, 4) is 0 Å². The Labute approximate surface area is 178 Å². The second-order valence-electron chi connectivity index (χ2n) is 8.90. The van der Waals surface area contributed by atoms with Gasteiger partial charge in [-0.2, -0.15) is 0 Å². The molecule has 2 heteroatoms. The average molecular weight is 413 g/mol. The summed E-state index contributed by atoms with van der Waals surface area (Å²) in [5.41, 5.74) is 1.54. The van der Waals surface area contributed by atoms with E-state index in [4.69, 9.17) is 0 Å². The van der Waals surface area contributed by atoms with Crippen LogP contribution in [0.15, 0.2) is 30.3 Å². The van der Waals surface area contributed by atoms with E-state index in [9.17, 15) is 0 Å². The topological polar surface area (TPSA) is 0 Å². The molecule has 1 rings (SSSR count). The summed E-state index contributed by atoms with van der Waals surface area (Å²) >= 11 is 0. The highest BCUT2D eigenvalue weighted by Gasteiger charge is 2.24. The predicted octanol–water partition coefficient (Wildman–Crippen LogP) is 5.95. The van der Waals surface area contributed by atoms with Crippen molar-refractivity contribution in [1.82, 2.24) is 0 Å². The van der Waals surface area contributed by atoms with Crippen molar-refractivity contribution in [3.05, 3.63) is 35.9 Å². The SMILES string of the molecule is CCCCCCCCCCCCCCCC[P+](C)(C)Cc1ccccc1.[Cl-]. The Morgan fingerprint density at radius 2 is 1.00 bits per heavy atom. The van der Waals surface area contributed by atoms with Crippen LogP contribution in [0.1, 0.15) is 102 Å². The minimum Gasteiger partial charge on any atom is -1.00 e. The van der Waals surface area contributed by atoms with Crippen LogP contribution < -0.4 is 12.4 Å². The Morgan fingerprint density at radius 3 is 1.44 bits per heavy atom. The molecule has 0 bridgehead atoms. The van der Waals surface area contributed by atoms with E-state index >= 15 is 0 Å². The van der Waals surface area contributed by atoms with E-state index < -0.39 is 7.26 Å². The van der Waals surface area contributed by atoms with Gasteiger partial charge in [0.2, 0.25) is 0 Å². The van der Waals surface area contributed by atoms with Crippen LogP contribution in [0.4, 0.5) is 0 Å². The number of hydrogen-bond acceptors (Lipinski definition) is 0. The van der Waals surface area contributed by atoms with E-state index in [1.54, 1.807) is 0 Å². The summed E-state index contributed by atoms with van der Waals surface area (Å²) in [4.78, 5) is 0. The van der Waals surface area contributed by atoms with Gasteiger partial charge in [0.15, 0.2) is 0 Å². The largest absolute Gasteiger partial charge is 1.00 e. The molecule has 0 spiro atoms. The summed E-state index contributed by atoms with van der Waals surface area (Å²) in [6, 6.07) is 11.1. The maximum absolute atomic E-state index is 2.54. The van der Waals surface area contributed by atoms with Gasteiger partial charge >= 0.3 is 0 Å². The molecular weight excluding hydrogens is 367 g/mol. The zero-order valence-electron chi connectivity index (χ0n) is 18.5. The third-order valence-corrected chi connectivity index (χ3v) is 8.32. The van der Waals surface area contributed by atoms with Crippen LogP contribution in [-0.2, 0) is 6.16 Å². The molecular formula is C25H46ClP. The molecule has 0 fully saturated rings. The van der Waals surface area contributed by atoms with Gasteiger partial charge in [0.05, 0.1) is 12.3 Å². The molecule has 1 aromatic carbocycles. The maximum Gasteiger partial charge on any atom is 0.0837 e. The smallest absolute Gasteiger partial charge is 0.0837 e. The van der Waals surface area contributed by atoms with Crippen LogP contribution in [0.5, 0.6) is 0 Å². The van der Waals surface area contributed by atoms with E-state index in [-0.39, 0.29) is 12.4 Å². The Kier molecular flexibility index (Phi) is 18.0. The first-order valence-corrected chi connectivity index (χ1v) is 14.6. The van der Waals surface area contributed by atoms with Crippen molar-refractivity contribution in [2.45, 2.75) is 103 Å². The first kappa shape index (κ1) is 26.9. The maximum atomic E-state index is 2.54. The molecule has 0 amide bonds. The Hall–Kier alpha value is -0.0600. The van der Waals surface area contributed by atoms with E-state index in [1.807, 2.05) is 0 Å². The third kappa shape index (κ3) is 16.6. The van der Waals surface area contributed by atoms with Crippen molar-refractivity contribution in [2.75, 3.05) is 19.5 Å². The Balaban J connectivity index is 0.00000676. The van der Waals surface area contributed by atoms with E-state index in [0.29, 0.717) is 0 Å². The fourth-order valence-electron chi connectivity index (χ4n) is 3.89. The molecule has 0 saturated carbocycles. The van der Waals surface area contributed by atoms with Gasteiger partial charge in [0, 0.05) is 20.6 Å². The van der Waals surface area contributed by atoms with Crippen LogP contribution in [-0.4, -0.2) is 19.5 Å². The van der Waals surface area contributed by atoms with Crippen LogP contribution in [0.2, 0.25) is 0 Å². The zero-order valence-corrected chi connectivity index (χ0v) is 20.2. The van der Waals surface area contributed by atoms with Crippen molar-refractivity contribution < 1.29 is 12.4 Å². The number of unbranched alkanes of at least 4 members (excludes halogenated alkanes) is 13. The van der Waals surface area contributed by atoms with E-state index in [0.717, 1.165) is 0 Å². The normalized spacial score (nSPS) is 11.4. The first-order chi connectivity index (χ1) is 12.6. The summed E-state index contributed by atoms with van der Waals surface area (Å²) in [6.45, 7) is 7.39. The van der Waals surface area contributed by atoms with Gasteiger partial charge in [-0.1, -0.05) is 114 Å². The van der Waals surface area contributed by atoms with Crippen LogP contribution in [0, 0.1) is 0 Å². The zero-order chi connectivity index (χ0) is 18.9. The molecule has 0 aromatic heterocycles. The predicted molar refractivity (Wildman–Crippen MR) is 124 cm³/mol. The quantitative estimate of drug-likeness (QED) is 0.219. The third-order valence-electron chi connectivity index (χ3n) is 5.57. The van der Waals surface area contributed by atoms with Crippen LogP contribution in [0.25, 0.3) is 0 Å². The van der Waals surface area contributed by atoms with Gasteiger partial charge in [0.25, 0.3) is 0 Å². The van der Waals surface area contributed by atoms with E-state index in [1.165, 1.54) is 108 Å². The minimum atomic E-state index is -0.749. The Bertz CT molecular complexity index is 416. The molecule has 0 aliphatic rings. The molecule has 1 aromatic rings. The molecule has 0 nitrogen and oxygen atoms in total. The number of hydrogen-bond donors (Lipinski definition) is 0. The van der Waals surface area contributed by atoms with Gasteiger partial charge in [0.1, 0.15) is 0 Å². The lowest BCUT2D eigenvalue weighted by atomic mass is 10.0. The van der Waals surface area contributed by atoms with Gasteiger partial charge < -0.3 is 12.4 Å². The molecule has 0 saturated heterocycles. The van der Waals surface area contributed by atoms with Gasteiger partial charge in [-0.3, -0.25) is 0 Å². The van der Waals surface area contributed by atoms with Gasteiger partial charge in [-0.15, -0.1) is 0 Å². The number of halogens is 1. The molecule has 0 radical (unpaired) electrons. The fourth-order valence-corrected chi connectivity index (χ4v) is 6.33. The molecule has 158 valence electrons. The van der Waals surface area contributed by atoms with E-state index in [2.05, 4.69) is 50.6 Å². The first-order valence-electron chi connectivity index (χ1n) is 11.5. The molecule has 0 heterocycles. The lowest BCUT2D eigenvalue weighted by molar-refractivity contribution is -0.00000590. The summed E-state index contributed by atoms with van der Waals surface area (Å²) in [7, 11) is -0.749. The highest BCUT2D eigenvalue weighted by atomic mass is 35.5. The summed E-state index contributed by atoms with van der Waals surface area (Å²) in [5.74, 6) is 0. The van der Waals surface area contributed by atoms with Crippen LogP contribution >= 0.6 is 7.26 Å². The second-order valence-corrected chi connectivity index (χ2v) is 13.5. The molecule has 0 atom stereocenters. The monoisotopic (exact) mass is 412 g/mol. The van der Waals surface area contributed by atoms with Crippen molar-refractivity contribution in [3.63, 3.8) is 0 Å². The highest BCUT2D eigenvalue weighted by Crippen LogP contribution is 2.54. The van der Waals surface area contributed by atoms with Crippen molar-refractivity contribution in [1.29, 1.82) is 0 Å². The molecule has 0 aliphatic carbocycles. The second kappa shape index (κ2) is 18.0. The summed E-state index contributed by atoms with van der Waals surface area (Å²) in [6.07, 6.45) is 23.2. The minimum absolute atomic E-state index is 0. The summed E-state index contributed by atoms with van der Waals surface area (Å²) in [5, 5.41) is 0. The average Bonchev–Trinajstić information content (AvgIpc) is 2.62. The number of benzene rings is 1. The molecule has 0 unspecified atom stereocenters. The lowest BCUT2D eigenvalue weighted by Gasteiger charge is -2.18. The van der Waals surface area contributed by atoms with Crippen LogP contribution in [0.3, 0.4) is 0 Å².